The Morgan fingerprint density at radius 1 is 1.08 bits per heavy atom. The summed E-state index contributed by atoms with van der Waals surface area (Å²) in [6.07, 6.45) is 5.49. The molecule has 6 heteroatoms. The van der Waals surface area contributed by atoms with Gasteiger partial charge < -0.3 is 4.90 Å². The highest BCUT2D eigenvalue weighted by molar-refractivity contribution is 7.88. The molecule has 1 aromatic rings. The molecule has 0 aliphatic carbocycles. The van der Waals surface area contributed by atoms with Crippen molar-refractivity contribution in [2.24, 2.45) is 5.92 Å². The van der Waals surface area contributed by atoms with Crippen LogP contribution in [-0.4, -0.2) is 56.0 Å². The predicted octanol–water partition coefficient (Wildman–Crippen LogP) is 1.97. The third-order valence-corrected chi connectivity index (χ3v) is 6.24. The third kappa shape index (κ3) is 3.87. The maximum Gasteiger partial charge on any atom is 0.226 e. The summed E-state index contributed by atoms with van der Waals surface area (Å²) < 4.78 is 24.6. The van der Waals surface area contributed by atoms with Crippen molar-refractivity contribution in [3.05, 3.63) is 42.0 Å². The fourth-order valence-corrected chi connectivity index (χ4v) is 4.35. The van der Waals surface area contributed by atoms with Crippen molar-refractivity contribution in [2.45, 2.75) is 19.3 Å². The number of nitrogens with zero attached hydrogens (tertiary/aromatic N) is 2. The van der Waals surface area contributed by atoms with E-state index in [4.69, 9.17) is 0 Å². The van der Waals surface area contributed by atoms with Crippen molar-refractivity contribution >= 4 is 21.5 Å². The Morgan fingerprint density at radius 2 is 1.75 bits per heavy atom. The summed E-state index contributed by atoms with van der Waals surface area (Å²) in [6, 6.07) is 10.3. The molecule has 2 aliphatic rings. The molecule has 1 fully saturated rings. The van der Waals surface area contributed by atoms with Crippen LogP contribution in [0, 0.1) is 5.92 Å². The van der Waals surface area contributed by atoms with E-state index >= 15 is 0 Å². The number of benzene rings is 1. The van der Waals surface area contributed by atoms with Gasteiger partial charge in [0.15, 0.2) is 0 Å². The molecule has 1 saturated heterocycles. The van der Waals surface area contributed by atoms with Gasteiger partial charge in [0.25, 0.3) is 0 Å². The zero-order valence-electron chi connectivity index (χ0n) is 14.0. The van der Waals surface area contributed by atoms with Gasteiger partial charge in [-0.05, 0) is 30.4 Å². The highest BCUT2D eigenvalue weighted by atomic mass is 32.2. The Bertz CT molecular complexity index is 720. The Morgan fingerprint density at radius 3 is 2.29 bits per heavy atom. The fraction of sp³-hybridized carbons (Fsp3) is 0.500. The van der Waals surface area contributed by atoms with Crippen LogP contribution in [0.5, 0.6) is 0 Å². The zero-order chi connectivity index (χ0) is 17.2. The standard InChI is InChI=1S/C18H24N2O3S/c1-24(22,23)20-13-9-17(10-14-20)18(21)19-11-7-16(8-12-19)15-5-3-2-4-6-15/h2-7,17H,8-14H2,1H3. The molecule has 0 radical (unpaired) electrons. The number of carbonyl (C=O) groups is 1. The second-order valence-electron chi connectivity index (χ2n) is 6.57. The number of carbonyl (C=O) groups excluding carboxylic acids is 1. The van der Waals surface area contributed by atoms with Crippen LogP contribution < -0.4 is 0 Å². The van der Waals surface area contributed by atoms with Crippen LogP contribution in [0.4, 0.5) is 0 Å². The van der Waals surface area contributed by atoms with Crippen LogP contribution in [0.25, 0.3) is 5.57 Å². The number of piperidine rings is 1. The summed E-state index contributed by atoms with van der Waals surface area (Å²) in [4.78, 5) is 14.6. The molecule has 0 aromatic heterocycles. The molecule has 5 nitrogen and oxygen atoms in total. The van der Waals surface area contributed by atoms with Crippen LogP contribution in [0.3, 0.4) is 0 Å². The number of sulfonamides is 1. The van der Waals surface area contributed by atoms with Crippen molar-refractivity contribution in [1.29, 1.82) is 0 Å². The summed E-state index contributed by atoms with van der Waals surface area (Å²) in [6.45, 7) is 2.30. The lowest BCUT2D eigenvalue weighted by molar-refractivity contribution is -0.136. The predicted molar refractivity (Wildman–Crippen MR) is 94.8 cm³/mol. The highest BCUT2D eigenvalue weighted by Crippen LogP contribution is 2.26. The van der Waals surface area contributed by atoms with Gasteiger partial charge >= 0.3 is 0 Å². The molecule has 0 saturated carbocycles. The molecule has 3 rings (SSSR count). The van der Waals surface area contributed by atoms with E-state index < -0.39 is 10.0 Å². The summed E-state index contributed by atoms with van der Waals surface area (Å²) in [7, 11) is -3.14. The number of amides is 1. The van der Waals surface area contributed by atoms with E-state index in [0.717, 1.165) is 13.0 Å². The van der Waals surface area contributed by atoms with Gasteiger partial charge in [-0.2, -0.15) is 0 Å². The molecule has 2 aliphatic heterocycles. The van der Waals surface area contributed by atoms with Gasteiger partial charge in [0.2, 0.25) is 15.9 Å². The van der Waals surface area contributed by atoms with Gasteiger partial charge in [-0.25, -0.2) is 12.7 Å². The molecule has 0 N–H and O–H groups in total. The van der Waals surface area contributed by atoms with Crippen molar-refractivity contribution < 1.29 is 13.2 Å². The minimum atomic E-state index is -3.14. The largest absolute Gasteiger partial charge is 0.338 e. The second-order valence-corrected chi connectivity index (χ2v) is 8.55. The summed E-state index contributed by atoms with van der Waals surface area (Å²) in [5, 5.41) is 0. The summed E-state index contributed by atoms with van der Waals surface area (Å²) in [5.41, 5.74) is 2.53. The first-order valence-corrected chi connectivity index (χ1v) is 10.3. The van der Waals surface area contributed by atoms with E-state index in [2.05, 4.69) is 18.2 Å². The quantitative estimate of drug-likeness (QED) is 0.839. The van der Waals surface area contributed by atoms with Crippen molar-refractivity contribution in [1.82, 2.24) is 9.21 Å². The first-order chi connectivity index (χ1) is 11.4. The molecule has 24 heavy (non-hydrogen) atoms. The monoisotopic (exact) mass is 348 g/mol. The van der Waals surface area contributed by atoms with Crippen molar-refractivity contribution in [2.75, 3.05) is 32.4 Å². The van der Waals surface area contributed by atoms with E-state index in [1.807, 2.05) is 23.1 Å². The van der Waals surface area contributed by atoms with Gasteiger partial charge in [0, 0.05) is 32.1 Å². The Balaban J connectivity index is 1.57. The average Bonchev–Trinajstić information content (AvgIpc) is 2.61. The number of hydrogen-bond acceptors (Lipinski definition) is 3. The van der Waals surface area contributed by atoms with Crippen LogP contribution in [0.1, 0.15) is 24.8 Å². The highest BCUT2D eigenvalue weighted by Gasteiger charge is 2.31. The second kappa shape index (κ2) is 7.07. The van der Waals surface area contributed by atoms with E-state index in [1.165, 1.54) is 21.7 Å². The van der Waals surface area contributed by atoms with E-state index in [1.54, 1.807) is 0 Å². The van der Waals surface area contributed by atoms with Crippen molar-refractivity contribution in [3.63, 3.8) is 0 Å². The topological polar surface area (TPSA) is 57.7 Å². The molecule has 2 heterocycles. The SMILES string of the molecule is CS(=O)(=O)N1CCC(C(=O)N2CC=C(c3ccccc3)CC2)CC1. The van der Waals surface area contributed by atoms with Crippen LogP contribution in [0.15, 0.2) is 36.4 Å². The summed E-state index contributed by atoms with van der Waals surface area (Å²) in [5.74, 6) is 0.126. The minimum Gasteiger partial charge on any atom is -0.338 e. The van der Waals surface area contributed by atoms with Crippen LogP contribution in [0.2, 0.25) is 0 Å². The van der Waals surface area contributed by atoms with Crippen molar-refractivity contribution in [3.8, 4) is 0 Å². The molecule has 0 unspecified atom stereocenters. The Kier molecular flexibility index (Phi) is 5.06. The van der Waals surface area contributed by atoms with Gasteiger partial charge in [0.05, 0.1) is 6.26 Å². The maximum absolute atomic E-state index is 12.7. The normalized spacial score (nSPS) is 20.7. The van der Waals surface area contributed by atoms with Crippen LogP contribution >= 0.6 is 0 Å². The number of hydrogen-bond donors (Lipinski definition) is 0. The van der Waals surface area contributed by atoms with E-state index in [-0.39, 0.29) is 11.8 Å². The molecule has 1 aromatic carbocycles. The fourth-order valence-electron chi connectivity index (χ4n) is 3.48. The lowest BCUT2D eigenvalue weighted by atomic mass is 9.94. The van der Waals surface area contributed by atoms with Gasteiger partial charge in [-0.1, -0.05) is 36.4 Å². The smallest absolute Gasteiger partial charge is 0.226 e. The summed E-state index contributed by atoms with van der Waals surface area (Å²) >= 11 is 0. The first-order valence-electron chi connectivity index (χ1n) is 8.43. The van der Waals surface area contributed by atoms with Crippen LogP contribution in [-0.2, 0) is 14.8 Å². The lowest BCUT2D eigenvalue weighted by Crippen LogP contribution is -2.45. The third-order valence-electron chi connectivity index (χ3n) is 4.94. The van der Waals surface area contributed by atoms with E-state index in [0.29, 0.717) is 32.5 Å². The molecular weight excluding hydrogens is 324 g/mol. The van der Waals surface area contributed by atoms with E-state index in [9.17, 15) is 13.2 Å². The van der Waals surface area contributed by atoms with Gasteiger partial charge in [-0.15, -0.1) is 0 Å². The molecule has 0 atom stereocenters. The molecular formula is C18H24N2O3S. The molecule has 0 spiro atoms. The lowest BCUT2D eigenvalue weighted by Gasteiger charge is -2.34. The average molecular weight is 348 g/mol. The molecule has 0 bridgehead atoms. The molecule has 1 amide bonds. The molecule has 130 valence electrons. The Hall–Kier alpha value is -1.66. The Labute approximate surface area is 144 Å². The van der Waals surface area contributed by atoms with Gasteiger partial charge in [0.1, 0.15) is 0 Å². The minimum absolute atomic E-state index is 0.0466. The number of rotatable bonds is 3. The maximum atomic E-state index is 12.7. The first kappa shape index (κ1) is 17.2. The zero-order valence-corrected chi connectivity index (χ0v) is 14.8. The van der Waals surface area contributed by atoms with Gasteiger partial charge in [-0.3, -0.25) is 4.79 Å².